The van der Waals surface area contributed by atoms with E-state index in [9.17, 15) is 0 Å². The van der Waals surface area contributed by atoms with Crippen LogP contribution < -0.4 is 4.90 Å². The Morgan fingerprint density at radius 2 is 2.21 bits per heavy atom. The van der Waals surface area contributed by atoms with Crippen LogP contribution in [0.1, 0.15) is 17.8 Å². The topological polar surface area (TPSA) is 63.5 Å². The molecule has 142 valence electrons. The zero-order chi connectivity index (χ0) is 19.5. The lowest BCUT2D eigenvalue weighted by atomic mass is 10.0. The number of fused-ring (bicyclic) bond motifs is 1. The zero-order valence-electron chi connectivity index (χ0n) is 15.9. The first-order chi connectivity index (χ1) is 13.7. The highest BCUT2D eigenvalue weighted by molar-refractivity contribution is 7.18. The third-order valence-corrected chi connectivity index (χ3v) is 5.78. The van der Waals surface area contributed by atoms with Gasteiger partial charge in [-0.25, -0.2) is 9.97 Å². The monoisotopic (exact) mass is 391 g/mol. The molecule has 0 fully saturated rings. The van der Waals surface area contributed by atoms with Gasteiger partial charge in [-0.2, -0.15) is 0 Å². The molecular formula is C21H21N5OS. The van der Waals surface area contributed by atoms with Crippen LogP contribution in [-0.4, -0.2) is 40.9 Å². The Labute approximate surface area is 168 Å². The molecule has 0 amide bonds. The van der Waals surface area contributed by atoms with Crippen LogP contribution in [0, 0.1) is 6.92 Å². The third kappa shape index (κ3) is 3.53. The van der Waals surface area contributed by atoms with Gasteiger partial charge in [0.25, 0.3) is 0 Å². The van der Waals surface area contributed by atoms with Gasteiger partial charge in [-0.1, -0.05) is 17.8 Å². The predicted octanol–water partition coefficient (Wildman–Crippen LogP) is 4.32. The summed E-state index contributed by atoms with van der Waals surface area (Å²) in [6.07, 6.45) is 6.07. The maximum Gasteiger partial charge on any atom is 0.135 e. The lowest BCUT2D eigenvalue weighted by molar-refractivity contribution is 0.174. The number of rotatable bonds is 5. The molecule has 0 radical (unpaired) electrons. The molecular weight excluding hydrogens is 370 g/mol. The molecule has 4 rings (SSSR count). The minimum Gasteiger partial charge on any atom is -0.391 e. The maximum atomic E-state index is 5.34. The highest BCUT2D eigenvalue weighted by atomic mass is 32.1. The van der Waals surface area contributed by atoms with E-state index in [-0.39, 0.29) is 0 Å². The van der Waals surface area contributed by atoms with Crippen molar-refractivity contribution in [1.29, 1.82) is 0 Å². The first kappa shape index (κ1) is 18.3. The molecule has 0 aliphatic carbocycles. The van der Waals surface area contributed by atoms with Crippen molar-refractivity contribution in [2.75, 3.05) is 25.1 Å². The van der Waals surface area contributed by atoms with Crippen molar-refractivity contribution in [3.63, 3.8) is 0 Å². The minimum atomic E-state index is 0.386. The summed E-state index contributed by atoms with van der Waals surface area (Å²) in [7, 11) is 2.07. The van der Waals surface area contributed by atoms with Crippen molar-refractivity contribution in [3.8, 4) is 21.1 Å². The van der Waals surface area contributed by atoms with Gasteiger partial charge in [-0.05, 0) is 31.2 Å². The normalized spacial score (nSPS) is 14.8. The van der Waals surface area contributed by atoms with E-state index in [0.29, 0.717) is 6.61 Å². The summed E-state index contributed by atoms with van der Waals surface area (Å²) in [4.78, 5) is 22.4. The van der Waals surface area contributed by atoms with Crippen molar-refractivity contribution in [3.05, 3.63) is 60.7 Å². The maximum absolute atomic E-state index is 5.34. The fourth-order valence-electron chi connectivity index (χ4n) is 3.11. The fourth-order valence-corrected chi connectivity index (χ4v) is 4.14. The Morgan fingerprint density at radius 3 is 3.00 bits per heavy atom. The van der Waals surface area contributed by atoms with E-state index in [1.54, 1.807) is 23.6 Å². The van der Waals surface area contributed by atoms with Crippen molar-refractivity contribution in [2.24, 2.45) is 5.16 Å². The number of hydrogen-bond donors (Lipinski definition) is 0. The van der Waals surface area contributed by atoms with Gasteiger partial charge in [0.15, 0.2) is 0 Å². The molecule has 28 heavy (non-hydrogen) atoms. The Balaban J connectivity index is 1.74. The first-order valence-corrected chi connectivity index (χ1v) is 9.89. The standard InChI is InChI=1S/C21H21N5OS/c1-4-12-27-25-16-9-11-26(3)18-8-7-17(24-19(16)18)20-14(2)23-21(28-20)15-6-5-10-22-13-15/h4-8,10,13H,1,9,11-12H2,2-3H3. The molecule has 0 N–H and O–H groups in total. The van der Waals surface area contributed by atoms with Crippen molar-refractivity contribution in [1.82, 2.24) is 15.0 Å². The average Bonchev–Trinajstić information content (AvgIpc) is 3.12. The summed E-state index contributed by atoms with van der Waals surface area (Å²) in [6, 6.07) is 8.09. The molecule has 1 aliphatic rings. The molecule has 0 aromatic carbocycles. The summed E-state index contributed by atoms with van der Waals surface area (Å²) >= 11 is 1.63. The average molecular weight is 392 g/mol. The Kier molecular flexibility index (Phi) is 5.16. The minimum absolute atomic E-state index is 0.386. The van der Waals surface area contributed by atoms with E-state index < -0.39 is 0 Å². The second kappa shape index (κ2) is 7.90. The molecule has 3 aromatic heterocycles. The van der Waals surface area contributed by atoms with Crippen molar-refractivity contribution >= 4 is 22.7 Å². The molecule has 0 atom stereocenters. The largest absolute Gasteiger partial charge is 0.391 e. The van der Waals surface area contributed by atoms with Crippen LogP contribution in [0.25, 0.3) is 21.1 Å². The van der Waals surface area contributed by atoms with E-state index in [2.05, 4.69) is 40.8 Å². The molecule has 0 bridgehead atoms. The summed E-state index contributed by atoms with van der Waals surface area (Å²) < 4.78 is 0. The summed E-state index contributed by atoms with van der Waals surface area (Å²) in [5.74, 6) is 0. The van der Waals surface area contributed by atoms with Crippen LogP contribution in [0.4, 0.5) is 5.69 Å². The van der Waals surface area contributed by atoms with E-state index in [4.69, 9.17) is 14.8 Å². The molecule has 1 aliphatic heterocycles. The number of hydrogen-bond acceptors (Lipinski definition) is 7. The second-order valence-corrected chi connectivity index (χ2v) is 7.53. The molecule has 0 unspecified atom stereocenters. The number of anilines is 1. The van der Waals surface area contributed by atoms with Crippen LogP contribution in [0.2, 0.25) is 0 Å². The highest BCUT2D eigenvalue weighted by Crippen LogP contribution is 2.36. The highest BCUT2D eigenvalue weighted by Gasteiger charge is 2.23. The van der Waals surface area contributed by atoms with Gasteiger partial charge in [0.2, 0.25) is 0 Å². The van der Waals surface area contributed by atoms with Crippen LogP contribution >= 0.6 is 11.3 Å². The molecule has 0 spiro atoms. The van der Waals surface area contributed by atoms with Gasteiger partial charge < -0.3 is 9.74 Å². The predicted molar refractivity (Wildman–Crippen MR) is 114 cm³/mol. The number of thiazole rings is 1. The number of aryl methyl sites for hydroxylation is 1. The van der Waals surface area contributed by atoms with Gasteiger partial charge in [0.05, 0.1) is 22.0 Å². The SMILES string of the molecule is C=CCON=C1CCN(C)c2ccc(-c3sc(-c4cccnc4)nc3C)nc21. The number of nitrogens with zero attached hydrogens (tertiary/aromatic N) is 5. The fraction of sp³-hybridized carbons (Fsp3) is 0.238. The van der Waals surface area contributed by atoms with Crippen LogP contribution in [-0.2, 0) is 4.84 Å². The Bertz CT molecular complexity index is 1030. The van der Waals surface area contributed by atoms with E-state index in [1.165, 1.54) is 0 Å². The number of oxime groups is 1. The lowest BCUT2D eigenvalue weighted by Gasteiger charge is -2.27. The molecule has 7 heteroatoms. The summed E-state index contributed by atoms with van der Waals surface area (Å²) in [5.41, 5.74) is 5.67. The molecule has 0 saturated carbocycles. The molecule has 4 heterocycles. The Morgan fingerprint density at radius 1 is 1.32 bits per heavy atom. The van der Waals surface area contributed by atoms with E-state index >= 15 is 0 Å². The van der Waals surface area contributed by atoms with Crippen molar-refractivity contribution < 1.29 is 4.84 Å². The lowest BCUT2D eigenvalue weighted by Crippen LogP contribution is -2.29. The van der Waals surface area contributed by atoms with Crippen LogP contribution in [0.5, 0.6) is 0 Å². The molecule has 6 nitrogen and oxygen atoms in total. The van der Waals surface area contributed by atoms with Crippen LogP contribution in [0.15, 0.2) is 54.5 Å². The second-order valence-electron chi connectivity index (χ2n) is 6.53. The number of aromatic nitrogens is 3. The van der Waals surface area contributed by atoms with Crippen LogP contribution in [0.3, 0.4) is 0 Å². The van der Waals surface area contributed by atoms with Crippen molar-refractivity contribution in [2.45, 2.75) is 13.3 Å². The smallest absolute Gasteiger partial charge is 0.135 e. The summed E-state index contributed by atoms with van der Waals surface area (Å²) in [6.45, 7) is 6.95. The van der Waals surface area contributed by atoms with E-state index in [0.717, 1.165) is 56.9 Å². The Hall–Kier alpha value is -3.06. The quantitative estimate of drug-likeness (QED) is 0.368. The molecule has 3 aromatic rings. The first-order valence-electron chi connectivity index (χ1n) is 9.08. The van der Waals surface area contributed by atoms with Gasteiger partial charge in [0, 0.05) is 38.0 Å². The summed E-state index contributed by atoms with van der Waals surface area (Å²) in [5, 5.41) is 5.24. The zero-order valence-corrected chi connectivity index (χ0v) is 16.7. The number of pyridine rings is 2. The van der Waals surface area contributed by atoms with Gasteiger partial charge in [-0.3, -0.25) is 4.98 Å². The third-order valence-electron chi connectivity index (χ3n) is 4.55. The molecule has 0 saturated heterocycles. The van der Waals surface area contributed by atoms with Gasteiger partial charge in [0.1, 0.15) is 23.0 Å². The van der Waals surface area contributed by atoms with Gasteiger partial charge in [-0.15, -0.1) is 11.3 Å². The van der Waals surface area contributed by atoms with E-state index in [1.807, 2.05) is 25.3 Å². The van der Waals surface area contributed by atoms with Gasteiger partial charge >= 0.3 is 0 Å².